The van der Waals surface area contributed by atoms with Gasteiger partial charge >= 0.3 is 0 Å². The molecule has 0 aromatic carbocycles. The Hall–Kier alpha value is -1.36. The number of rotatable bonds is 5. The fraction of sp³-hybridized carbons (Fsp3) is 0.692. The van der Waals surface area contributed by atoms with Gasteiger partial charge in [-0.15, -0.1) is 0 Å². The summed E-state index contributed by atoms with van der Waals surface area (Å²) in [5.74, 6) is 1.37. The molecule has 2 heterocycles. The van der Waals surface area contributed by atoms with Crippen molar-refractivity contribution in [3.63, 3.8) is 0 Å². The summed E-state index contributed by atoms with van der Waals surface area (Å²) < 4.78 is 5.34. The number of anilines is 1. The van der Waals surface area contributed by atoms with Crippen LogP contribution >= 0.6 is 0 Å². The number of nitrogens with zero attached hydrogens (tertiary/aromatic N) is 2. The lowest BCUT2D eigenvalue weighted by atomic mass is 9.81. The molecule has 1 aromatic rings. The van der Waals surface area contributed by atoms with E-state index >= 15 is 0 Å². The van der Waals surface area contributed by atoms with Crippen molar-refractivity contribution in [3.05, 3.63) is 12.4 Å². The normalized spacial score (nSPS) is 18.3. The maximum Gasteiger partial charge on any atom is 0.234 e. The minimum Gasteiger partial charge on any atom is -0.477 e. The maximum absolute atomic E-state index is 5.34. The van der Waals surface area contributed by atoms with Crippen molar-refractivity contribution in [2.45, 2.75) is 26.7 Å². The highest BCUT2D eigenvalue weighted by molar-refractivity contribution is 5.33. The molecule has 2 N–H and O–H groups in total. The van der Waals surface area contributed by atoms with Crippen molar-refractivity contribution >= 4 is 5.82 Å². The Kier molecular flexibility index (Phi) is 4.36. The third-order valence-corrected chi connectivity index (χ3v) is 3.41. The number of piperidine rings is 1. The summed E-state index contributed by atoms with van der Waals surface area (Å²) in [4.78, 5) is 8.49. The lowest BCUT2D eigenvalue weighted by molar-refractivity contribution is 0.247. The molecule has 0 bridgehead atoms. The number of nitrogens with one attached hydrogen (secondary N) is 2. The first-order chi connectivity index (χ1) is 8.72. The zero-order chi connectivity index (χ0) is 12.8. The van der Waals surface area contributed by atoms with E-state index in [1.165, 1.54) is 12.8 Å². The van der Waals surface area contributed by atoms with E-state index in [4.69, 9.17) is 4.74 Å². The average Bonchev–Trinajstić information content (AvgIpc) is 2.38. The molecular weight excluding hydrogens is 228 g/mol. The first-order valence-electron chi connectivity index (χ1n) is 6.61. The van der Waals surface area contributed by atoms with Gasteiger partial charge in [0, 0.05) is 6.54 Å². The molecule has 2 rings (SSSR count). The van der Waals surface area contributed by atoms with Gasteiger partial charge in [-0.05, 0) is 38.3 Å². The van der Waals surface area contributed by atoms with Crippen LogP contribution in [0.5, 0.6) is 5.88 Å². The first-order valence-corrected chi connectivity index (χ1v) is 6.61. The third-order valence-electron chi connectivity index (χ3n) is 3.41. The third kappa shape index (κ3) is 3.57. The molecule has 0 atom stereocenters. The molecule has 1 saturated heterocycles. The number of hydrogen-bond acceptors (Lipinski definition) is 5. The predicted molar refractivity (Wildman–Crippen MR) is 71.9 cm³/mol. The molecule has 0 spiro atoms. The van der Waals surface area contributed by atoms with Crippen molar-refractivity contribution in [1.29, 1.82) is 0 Å². The van der Waals surface area contributed by atoms with Crippen LogP contribution in [0.1, 0.15) is 26.7 Å². The van der Waals surface area contributed by atoms with Crippen LogP contribution in [0, 0.1) is 5.41 Å². The Labute approximate surface area is 108 Å². The molecule has 0 aliphatic carbocycles. The summed E-state index contributed by atoms with van der Waals surface area (Å²) in [5, 5.41) is 6.76. The lowest BCUT2D eigenvalue weighted by Gasteiger charge is -2.34. The second-order valence-electron chi connectivity index (χ2n) is 5.09. The Morgan fingerprint density at radius 3 is 2.89 bits per heavy atom. The zero-order valence-electron chi connectivity index (χ0n) is 11.2. The van der Waals surface area contributed by atoms with E-state index in [1.807, 2.05) is 6.92 Å². The van der Waals surface area contributed by atoms with Gasteiger partial charge in [-0.3, -0.25) is 4.98 Å². The minimum absolute atomic E-state index is 0.342. The second kappa shape index (κ2) is 6.00. The summed E-state index contributed by atoms with van der Waals surface area (Å²) in [7, 11) is 0. The van der Waals surface area contributed by atoms with Crippen LogP contribution in [0.15, 0.2) is 12.4 Å². The number of ether oxygens (including phenoxy) is 1. The fourth-order valence-electron chi connectivity index (χ4n) is 2.16. The van der Waals surface area contributed by atoms with E-state index < -0.39 is 0 Å². The molecule has 0 unspecified atom stereocenters. The van der Waals surface area contributed by atoms with Gasteiger partial charge in [0.1, 0.15) is 5.82 Å². The van der Waals surface area contributed by atoms with E-state index in [0.29, 0.717) is 17.9 Å². The van der Waals surface area contributed by atoms with Crippen molar-refractivity contribution in [1.82, 2.24) is 15.3 Å². The van der Waals surface area contributed by atoms with Gasteiger partial charge < -0.3 is 15.4 Å². The largest absolute Gasteiger partial charge is 0.477 e. The Morgan fingerprint density at radius 1 is 1.39 bits per heavy atom. The van der Waals surface area contributed by atoms with Gasteiger partial charge in [-0.25, -0.2) is 0 Å². The lowest BCUT2D eigenvalue weighted by Crippen LogP contribution is -2.39. The highest BCUT2D eigenvalue weighted by atomic mass is 16.5. The summed E-state index contributed by atoms with van der Waals surface area (Å²) >= 11 is 0. The Bertz CT molecular complexity index is 377. The van der Waals surface area contributed by atoms with Gasteiger partial charge in [-0.1, -0.05) is 6.92 Å². The molecule has 1 aromatic heterocycles. The Balaban J connectivity index is 1.90. The predicted octanol–water partition coefficient (Wildman–Crippen LogP) is 1.68. The van der Waals surface area contributed by atoms with Crippen LogP contribution in [-0.2, 0) is 0 Å². The van der Waals surface area contributed by atoms with E-state index in [-0.39, 0.29) is 0 Å². The molecule has 1 fully saturated rings. The van der Waals surface area contributed by atoms with Crippen LogP contribution < -0.4 is 15.4 Å². The Morgan fingerprint density at radius 2 is 2.17 bits per heavy atom. The van der Waals surface area contributed by atoms with Crippen molar-refractivity contribution < 1.29 is 4.74 Å². The van der Waals surface area contributed by atoms with Crippen LogP contribution in [0.4, 0.5) is 5.82 Å². The highest BCUT2D eigenvalue weighted by Gasteiger charge is 2.26. The van der Waals surface area contributed by atoms with E-state index in [0.717, 1.165) is 25.5 Å². The van der Waals surface area contributed by atoms with Gasteiger partial charge in [0.2, 0.25) is 5.88 Å². The highest BCUT2D eigenvalue weighted by Crippen LogP contribution is 2.27. The summed E-state index contributed by atoms with van der Waals surface area (Å²) in [6.45, 7) is 8.00. The number of aromatic nitrogens is 2. The molecule has 0 saturated carbocycles. The first kappa shape index (κ1) is 13.1. The fourth-order valence-corrected chi connectivity index (χ4v) is 2.16. The standard InChI is InChI=1S/C13H22N4O/c1-3-18-12-9-15-8-11(17-12)16-10-13(2)4-6-14-7-5-13/h8-9,14H,3-7,10H2,1-2H3,(H,16,17). The molecule has 1 aliphatic rings. The molecule has 18 heavy (non-hydrogen) atoms. The monoisotopic (exact) mass is 250 g/mol. The smallest absolute Gasteiger partial charge is 0.234 e. The molecule has 1 aliphatic heterocycles. The maximum atomic E-state index is 5.34. The summed E-state index contributed by atoms with van der Waals surface area (Å²) in [6, 6.07) is 0. The van der Waals surface area contributed by atoms with Crippen LogP contribution in [-0.4, -0.2) is 36.2 Å². The van der Waals surface area contributed by atoms with Crippen molar-refractivity contribution in [3.8, 4) is 5.88 Å². The molecule has 0 amide bonds. The van der Waals surface area contributed by atoms with Gasteiger partial charge in [0.25, 0.3) is 0 Å². The van der Waals surface area contributed by atoms with Crippen LogP contribution in [0.3, 0.4) is 0 Å². The SMILES string of the molecule is CCOc1cncc(NCC2(C)CCNCC2)n1. The molecule has 100 valence electrons. The minimum atomic E-state index is 0.342. The molecule has 0 radical (unpaired) electrons. The molecule has 5 heteroatoms. The van der Waals surface area contributed by atoms with Crippen LogP contribution in [0.25, 0.3) is 0 Å². The topological polar surface area (TPSA) is 59.1 Å². The summed E-state index contributed by atoms with van der Waals surface area (Å²) in [6.07, 6.45) is 5.77. The van der Waals surface area contributed by atoms with E-state index in [1.54, 1.807) is 12.4 Å². The van der Waals surface area contributed by atoms with E-state index in [2.05, 4.69) is 27.5 Å². The quantitative estimate of drug-likeness (QED) is 0.832. The zero-order valence-corrected chi connectivity index (χ0v) is 11.2. The summed E-state index contributed by atoms with van der Waals surface area (Å²) in [5.41, 5.74) is 0.342. The van der Waals surface area contributed by atoms with Gasteiger partial charge in [0.05, 0.1) is 19.0 Å². The van der Waals surface area contributed by atoms with Gasteiger partial charge in [0.15, 0.2) is 0 Å². The van der Waals surface area contributed by atoms with E-state index in [9.17, 15) is 0 Å². The number of hydrogen-bond donors (Lipinski definition) is 2. The molecule has 5 nitrogen and oxygen atoms in total. The molecular formula is C13H22N4O. The van der Waals surface area contributed by atoms with Gasteiger partial charge in [-0.2, -0.15) is 4.98 Å². The van der Waals surface area contributed by atoms with Crippen LogP contribution in [0.2, 0.25) is 0 Å². The second-order valence-corrected chi connectivity index (χ2v) is 5.09. The van der Waals surface area contributed by atoms with Crippen molar-refractivity contribution in [2.75, 3.05) is 31.6 Å². The average molecular weight is 250 g/mol. The van der Waals surface area contributed by atoms with Crippen molar-refractivity contribution in [2.24, 2.45) is 5.41 Å².